The van der Waals surface area contributed by atoms with Gasteiger partial charge in [-0.3, -0.25) is 0 Å². The van der Waals surface area contributed by atoms with Gasteiger partial charge in [0.1, 0.15) is 5.75 Å². The Balaban J connectivity index is 1.92. The van der Waals surface area contributed by atoms with E-state index in [0.717, 1.165) is 18.6 Å². The lowest BCUT2D eigenvalue weighted by molar-refractivity contribution is -0.132. The maximum absolute atomic E-state index is 6.27. The lowest BCUT2D eigenvalue weighted by atomic mass is 9.98. The highest BCUT2D eigenvalue weighted by molar-refractivity contribution is 5.29. The molecule has 0 aromatic heterocycles. The highest BCUT2D eigenvalue weighted by atomic mass is 16.7. The minimum absolute atomic E-state index is 0.0903. The normalized spacial score (nSPS) is 18.6. The number of hydrogen-bond donors (Lipinski definition) is 0. The van der Waals surface area contributed by atoms with Gasteiger partial charge in [-0.1, -0.05) is 58.6 Å². The smallest absolute Gasteiger partial charge is 0.200 e. The standard InChI is InChI=1S/C21H34O2/c1-4-6-12-21(22-19-10-8-7-9-11-19)23-20-15-13-18(14-16-20)17(3)5-2/h13-17,19,21H,4-12H2,1-3H3. The molecule has 2 atom stereocenters. The molecule has 1 aromatic rings. The van der Waals surface area contributed by atoms with E-state index in [-0.39, 0.29) is 6.29 Å². The molecule has 0 radical (unpaired) electrons. The second kappa shape index (κ2) is 9.97. The largest absolute Gasteiger partial charge is 0.465 e. The summed E-state index contributed by atoms with van der Waals surface area (Å²) in [6, 6.07) is 8.59. The first-order valence-corrected chi connectivity index (χ1v) is 9.65. The second-order valence-corrected chi connectivity index (χ2v) is 6.96. The number of ether oxygens (including phenoxy) is 2. The topological polar surface area (TPSA) is 18.5 Å². The molecule has 23 heavy (non-hydrogen) atoms. The van der Waals surface area contributed by atoms with Crippen LogP contribution in [0, 0.1) is 0 Å². The van der Waals surface area contributed by atoms with E-state index in [4.69, 9.17) is 9.47 Å². The van der Waals surface area contributed by atoms with Gasteiger partial charge in [0.25, 0.3) is 0 Å². The van der Waals surface area contributed by atoms with Crippen molar-refractivity contribution in [3.63, 3.8) is 0 Å². The van der Waals surface area contributed by atoms with E-state index in [0.29, 0.717) is 12.0 Å². The fraction of sp³-hybridized carbons (Fsp3) is 0.714. The number of benzene rings is 1. The molecule has 1 aliphatic rings. The van der Waals surface area contributed by atoms with Gasteiger partial charge in [-0.2, -0.15) is 0 Å². The zero-order valence-electron chi connectivity index (χ0n) is 15.2. The van der Waals surface area contributed by atoms with Crippen LogP contribution in [0.25, 0.3) is 0 Å². The number of unbranched alkanes of at least 4 members (excludes halogenated alkanes) is 1. The first-order chi connectivity index (χ1) is 11.2. The van der Waals surface area contributed by atoms with Crippen LogP contribution in [0.3, 0.4) is 0 Å². The Morgan fingerprint density at radius 3 is 2.35 bits per heavy atom. The van der Waals surface area contributed by atoms with Gasteiger partial charge in [0, 0.05) is 6.42 Å². The van der Waals surface area contributed by atoms with Crippen molar-refractivity contribution >= 4 is 0 Å². The Morgan fingerprint density at radius 1 is 1.04 bits per heavy atom. The summed E-state index contributed by atoms with van der Waals surface area (Å²) in [5, 5.41) is 0. The van der Waals surface area contributed by atoms with E-state index in [2.05, 4.69) is 45.0 Å². The van der Waals surface area contributed by atoms with Crippen LogP contribution in [0.5, 0.6) is 5.75 Å². The first kappa shape index (κ1) is 18.3. The van der Waals surface area contributed by atoms with E-state index < -0.39 is 0 Å². The van der Waals surface area contributed by atoms with Gasteiger partial charge in [0.05, 0.1) is 6.10 Å². The summed E-state index contributed by atoms with van der Waals surface area (Å²) in [5.41, 5.74) is 1.39. The molecule has 0 bridgehead atoms. The van der Waals surface area contributed by atoms with Crippen LogP contribution < -0.4 is 4.74 Å². The number of rotatable bonds is 9. The molecule has 2 nitrogen and oxygen atoms in total. The summed E-state index contributed by atoms with van der Waals surface area (Å²) < 4.78 is 12.4. The monoisotopic (exact) mass is 318 g/mol. The predicted molar refractivity (Wildman–Crippen MR) is 97.0 cm³/mol. The van der Waals surface area contributed by atoms with Crippen LogP contribution in [-0.2, 0) is 4.74 Å². The van der Waals surface area contributed by atoms with Crippen molar-refractivity contribution in [3.8, 4) is 5.75 Å². The van der Waals surface area contributed by atoms with Gasteiger partial charge in [0.15, 0.2) is 6.29 Å². The van der Waals surface area contributed by atoms with Crippen molar-refractivity contribution < 1.29 is 9.47 Å². The summed E-state index contributed by atoms with van der Waals surface area (Å²) >= 11 is 0. The molecule has 1 saturated carbocycles. The van der Waals surface area contributed by atoms with Crippen LogP contribution in [0.15, 0.2) is 24.3 Å². The van der Waals surface area contributed by atoms with Crippen LogP contribution >= 0.6 is 0 Å². The van der Waals surface area contributed by atoms with Crippen molar-refractivity contribution in [1.82, 2.24) is 0 Å². The first-order valence-electron chi connectivity index (χ1n) is 9.65. The van der Waals surface area contributed by atoms with Crippen LogP contribution in [0.2, 0.25) is 0 Å². The summed E-state index contributed by atoms with van der Waals surface area (Å²) in [4.78, 5) is 0. The molecule has 1 fully saturated rings. The van der Waals surface area contributed by atoms with Crippen molar-refractivity contribution in [2.75, 3.05) is 0 Å². The summed E-state index contributed by atoms with van der Waals surface area (Å²) in [5.74, 6) is 1.55. The average molecular weight is 319 g/mol. The third-order valence-corrected chi connectivity index (χ3v) is 5.02. The molecule has 0 saturated heterocycles. The molecule has 1 aliphatic carbocycles. The minimum atomic E-state index is -0.0903. The van der Waals surface area contributed by atoms with E-state index >= 15 is 0 Å². The van der Waals surface area contributed by atoms with Gasteiger partial charge in [0.2, 0.25) is 0 Å². The fourth-order valence-corrected chi connectivity index (χ4v) is 3.20. The Hall–Kier alpha value is -1.02. The van der Waals surface area contributed by atoms with Crippen molar-refractivity contribution in [2.45, 2.75) is 96.9 Å². The van der Waals surface area contributed by atoms with E-state index in [1.54, 1.807) is 0 Å². The molecule has 130 valence electrons. The fourth-order valence-electron chi connectivity index (χ4n) is 3.20. The van der Waals surface area contributed by atoms with Crippen LogP contribution in [0.1, 0.15) is 90.0 Å². The van der Waals surface area contributed by atoms with Gasteiger partial charge in [-0.25, -0.2) is 0 Å². The van der Waals surface area contributed by atoms with Crippen LogP contribution in [-0.4, -0.2) is 12.4 Å². The zero-order valence-corrected chi connectivity index (χ0v) is 15.2. The molecular weight excluding hydrogens is 284 g/mol. The summed E-state index contributed by atoms with van der Waals surface area (Å²) in [7, 11) is 0. The minimum Gasteiger partial charge on any atom is -0.465 e. The van der Waals surface area contributed by atoms with Gasteiger partial charge in [-0.15, -0.1) is 0 Å². The molecule has 2 unspecified atom stereocenters. The molecule has 0 heterocycles. The van der Waals surface area contributed by atoms with E-state index in [1.165, 1.54) is 50.5 Å². The third kappa shape index (κ3) is 6.18. The molecule has 0 aliphatic heterocycles. The molecule has 0 N–H and O–H groups in total. The summed E-state index contributed by atoms with van der Waals surface area (Å²) in [6.45, 7) is 6.72. The van der Waals surface area contributed by atoms with Crippen molar-refractivity contribution in [3.05, 3.63) is 29.8 Å². The quantitative estimate of drug-likeness (QED) is 0.487. The highest BCUT2D eigenvalue weighted by Crippen LogP contribution is 2.26. The molecular formula is C21H34O2. The molecule has 0 amide bonds. The Labute approximate surface area is 142 Å². The Morgan fingerprint density at radius 2 is 1.74 bits per heavy atom. The Kier molecular flexibility index (Phi) is 7.94. The lowest BCUT2D eigenvalue weighted by Crippen LogP contribution is -2.28. The Bertz CT molecular complexity index is 420. The maximum Gasteiger partial charge on any atom is 0.200 e. The van der Waals surface area contributed by atoms with Crippen LogP contribution in [0.4, 0.5) is 0 Å². The van der Waals surface area contributed by atoms with E-state index in [1.807, 2.05) is 0 Å². The van der Waals surface area contributed by atoms with Crippen molar-refractivity contribution in [1.29, 1.82) is 0 Å². The lowest BCUT2D eigenvalue weighted by Gasteiger charge is -2.28. The SMILES string of the molecule is CCCCC(Oc1ccc(C(C)CC)cc1)OC1CCCCC1. The van der Waals surface area contributed by atoms with Gasteiger partial charge < -0.3 is 9.47 Å². The molecule has 2 heteroatoms. The average Bonchev–Trinajstić information content (AvgIpc) is 2.60. The third-order valence-electron chi connectivity index (χ3n) is 5.02. The number of hydrogen-bond acceptors (Lipinski definition) is 2. The summed E-state index contributed by atoms with van der Waals surface area (Å²) in [6.07, 6.45) is 11.1. The molecule has 2 rings (SSSR count). The maximum atomic E-state index is 6.27. The van der Waals surface area contributed by atoms with Gasteiger partial charge in [-0.05, 0) is 49.3 Å². The predicted octanol–water partition coefficient (Wildman–Crippen LogP) is 6.44. The molecule has 0 spiro atoms. The zero-order chi connectivity index (χ0) is 16.5. The van der Waals surface area contributed by atoms with Crippen molar-refractivity contribution in [2.24, 2.45) is 0 Å². The van der Waals surface area contributed by atoms with E-state index in [9.17, 15) is 0 Å². The van der Waals surface area contributed by atoms with Gasteiger partial charge >= 0.3 is 0 Å². The highest BCUT2D eigenvalue weighted by Gasteiger charge is 2.20. The molecule has 1 aromatic carbocycles. The second-order valence-electron chi connectivity index (χ2n) is 6.96.